The van der Waals surface area contributed by atoms with Crippen molar-refractivity contribution in [2.75, 3.05) is 11.9 Å². The predicted octanol–water partition coefficient (Wildman–Crippen LogP) is -1.58. The summed E-state index contributed by atoms with van der Waals surface area (Å²) in [5.74, 6) is -0.510. The number of carbonyl (C=O) groups excluding carboxylic acids is 1. The zero-order valence-electron chi connectivity index (χ0n) is 11.6. The van der Waals surface area contributed by atoms with Crippen LogP contribution in [-0.4, -0.2) is 61.1 Å². The van der Waals surface area contributed by atoms with E-state index in [9.17, 15) is 19.8 Å². The Morgan fingerprint density at radius 2 is 2.23 bits per heavy atom. The maximum atomic E-state index is 12.0. The molecule has 1 aromatic rings. The highest BCUT2D eigenvalue weighted by Crippen LogP contribution is 2.28. The molecular weight excluding hydrogens is 318 g/mol. The van der Waals surface area contributed by atoms with Gasteiger partial charge in [0.15, 0.2) is 6.23 Å². The summed E-state index contributed by atoms with van der Waals surface area (Å²) in [7, 11) is 0. The lowest BCUT2D eigenvalue weighted by Crippen LogP contribution is -2.36. The van der Waals surface area contributed by atoms with E-state index in [1.54, 1.807) is 0 Å². The van der Waals surface area contributed by atoms with Crippen molar-refractivity contribution in [1.29, 1.82) is 0 Å². The van der Waals surface area contributed by atoms with E-state index in [2.05, 4.69) is 10.3 Å². The highest BCUT2D eigenvalue weighted by molar-refractivity contribution is 6.32. The van der Waals surface area contributed by atoms with Crippen molar-refractivity contribution >= 4 is 23.3 Å². The molecule has 0 saturated carbocycles. The Morgan fingerprint density at radius 1 is 1.55 bits per heavy atom. The minimum Gasteiger partial charge on any atom is -0.394 e. The Morgan fingerprint density at radius 3 is 2.73 bits per heavy atom. The molecule has 1 aliphatic heterocycles. The first-order valence-corrected chi connectivity index (χ1v) is 6.95. The maximum Gasteiger partial charge on any atom is 0.351 e. The smallest absolute Gasteiger partial charge is 0.351 e. The topological polar surface area (TPSA) is 134 Å². The monoisotopic (exact) mass is 333 g/mol. The number of rotatable bonds is 4. The predicted molar refractivity (Wildman–Crippen MR) is 75.5 cm³/mol. The highest BCUT2D eigenvalue weighted by Gasteiger charge is 2.43. The molecule has 0 bridgehead atoms. The normalized spacial score (nSPS) is 29.3. The number of aromatic nitrogens is 2. The number of alkyl halides is 1. The number of aliphatic hydroxyl groups is 3. The molecule has 1 fully saturated rings. The number of halogens is 1. The molecule has 5 atom stereocenters. The van der Waals surface area contributed by atoms with Crippen LogP contribution in [-0.2, 0) is 9.53 Å². The molecule has 10 heteroatoms. The Balaban J connectivity index is 2.20. The van der Waals surface area contributed by atoms with Crippen molar-refractivity contribution in [3.05, 3.63) is 22.7 Å². The maximum absolute atomic E-state index is 12.0. The third-order valence-corrected chi connectivity index (χ3v) is 3.43. The summed E-state index contributed by atoms with van der Waals surface area (Å²) in [6, 6.07) is 1.33. The second-order valence-electron chi connectivity index (χ2n) is 4.84. The van der Waals surface area contributed by atoms with Gasteiger partial charge in [0.25, 0.3) is 0 Å². The van der Waals surface area contributed by atoms with Crippen LogP contribution in [0.25, 0.3) is 0 Å². The third-order valence-electron chi connectivity index (χ3n) is 3.23. The largest absolute Gasteiger partial charge is 0.394 e. The van der Waals surface area contributed by atoms with Gasteiger partial charge in [-0.3, -0.25) is 9.36 Å². The van der Waals surface area contributed by atoms with Gasteiger partial charge in [0.1, 0.15) is 29.5 Å². The van der Waals surface area contributed by atoms with Crippen LogP contribution >= 0.6 is 11.6 Å². The van der Waals surface area contributed by atoms with E-state index in [4.69, 9.17) is 21.4 Å². The second-order valence-corrected chi connectivity index (χ2v) is 5.49. The standard InChI is InChI=1S/C12H16ClN3O6/c1-5(13)10(20)14-7-2-3-16(12(21)15-7)11-9(19)8(18)6(4-17)22-11/h2-3,5-6,8-9,11,17-19H,4H2,1H3,(H,14,15,20,21). The molecule has 0 aromatic carbocycles. The fraction of sp³-hybridized carbons (Fsp3) is 0.583. The van der Waals surface area contributed by atoms with Crippen LogP contribution in [0.3, 0.4) is 0 Å². The van der Waals surface area contributed by atoms with Crippen LogP contribution < -0.4 is 11.0 Å². The minimum absolute atomic E-state index is 0.00509. The first-order chi connectivity index (χ1) is 10.3. The van der Waals surface area contributed by atoms with E-state index in [1.807, 2.05) is 0 Å². The molecule has 1 aromatic heterocycles. The molecule has 2 rings (SSSR count). The van der Waals surface area contributed by atoms with Gasteiger partial charge in [-0.05, 0) is 13.0 Å². The fourth-order valence-corrected chi connectivity index (χ4v) is 2.07. The van der Waals surface area contributed by atoms with Gasteiger partial charge < -0.3 is 25.4 Å². The molecule has 1 saturated heterocycles. The summed E-state index contributed by atoms with van der Waals surface area (Å²) in [6.07, 6.45) is -3.63. The summed E-state index contributed by atoms with van der Waals surface area (Å²) in [5, 5.41) is 30.1. The molecule has 9 nitrogen and oxygen atoms in total. The van der Waals surface area contributed by atoms with Gasteiger partial charge >= 0.3 is 5.69 Å². The van der Waals surface area contributed by atoms with E-state index in [1.165, 1.54) is 19.2 Å². The van der Waals surface area contributed by atoms with Crippen LogP contribution in [0.5, 0.6) is 0 Å². The van der Waals surface area contributed by atoms with Crippen LogP contribution in [0.15, 0.2) is 17.1 Å². The SMILES string of the molecule is CC(Cl)C(=O)Nc1ccn(C2OC(CO)C(O)C2O)c(=O)n1. The number of hydrogen-bond acceptors (Lipinski definition) is 7. The van der Waals surface area contributed by atoms with Crippen molar-refractivity contribution < 1.29 is 24.9 Å². The Bertz CT molecular complexity index is 607. The average molecular weight is 334 g/mol. The van der Waals surface area contributed by atoms with Crippen LogP contribution in [0, 0.1) is 0 Å². The van der Waals surface area contributed by atoms with Gasteiger partial charge in [-0.1, -0.05) is 0 Å². The number of carbonyl (C=O) groups is 1. The van der Waals surface area contributed by atoms with E-state index in [0.717, 1.165) is 4.57 Å². The molecule has 1 aliphatic rings. The zero-order chi connectivity index (χ0) is 16.4. The summed E-state index contributed by atoms with van der Waals surface area (Å²) in [5.41, 5.74) is -0.796. The van der Waals surface area contributed by atoms with E-state index in [-0.39, 0.29) is 5.82 Å². The Kier molecular flexibility index (Phi) is 5.14. The number of ether oxygens (including phenoxy) is 1. The molecule has 4 N–H and O–H groups in total. The van der Waals surface area contributed by atoms with Gasteiger partial charge in [-0.15, -0.1) is 11.6 Å². The first kappa shape index (κ1) is 16.8. The molecule has 5 unspecified atom stereocenters. The van der Waals surface area contributed by atoms with Crippen LogP contribution in [0.1, 0.15) is 13.2 Å². The molecule has 2 heterocycles. The molecule has 22 heavy (non-hydrogen) atoms. The summed E-state index contributed by atoms with van der Waals surface area (Å²) in [6.45, 7) is 0.968. The lowest BCUT2D eigenvalue weighted by Gasteiger charge is -2.17. The van der Waals surface area contributed by atoms with E-state index in [0.29, 0.717) is 0 Å². The molecular formula is C12H16ClN3O6. The van der Waals surface area contributed by atoms with Gasteiger partial charge in [-0.25, -0.2) is 4.79 Å². The number of nitrogens with one attached hydrogen (secondary N) is 1. The van der Waals surface area contributed by atoms with Crippen molar-refractivity contribution in [3.8, 4) is 0 Å². The number of nitrogens with zero attached hydrogens (tertiary/aromatic N) is 2. The highest BCUT2D eigenvalue weighted by atomic mass is 35.5. The molecule has 0 radical (unpaired) electrons. The van der Waals surface area contributed by atoms with E-state index >= 15 is 0 Å². The Hall–Kier alpha value is -1.52. The van der Waals surface area contributed by atoms with Gasteiger partial charge in [0.05, 0.1) is 6.61 Å². The second kappa shape index (κ2) is 6.71. The number of anilines is 1. The third kappa shape index (κ3) is 3.28. The summed E-state index contributed by atoms with van der Waals surface area (Å²) >= 11 is 5.59. The van der Waals surface area contributed by atoms with Crippen molar-refractivity contribution in [2.45, 2.75) is 36.8 Å². The number of aliphatic hydroxyl groups excluding tert-OH is 3. The van der Waals surface area contributed by atoms with Crippen molar-refractivity contribution in [3.63, 3.8) is 0 Å². The average Bonchev–Trinajstić information content (AvgIpc) is 2.75. The van der Waals surface area contributed by atoms with Crippen molar-refractivity contribution in [2.24, 2.45) is 0 Å². The first-order valence-electron chi connectivity index (χ1n) is 6.51. The van der Waals surface area contributed by atoms with Crippen LogP contribution in [0.2, 0.25) is 0 Å². The number of hydrogen-bond donors (Lipinski definition) is 4. The molecule has 0 aliphatic carbocycles. The summed E-state index contributed by atoms with van der Waals surface area (Å²) < 4.78 is 6.19. The minimum atomic E-state index is -1.39. The van der Waals surface area contributed by atoms with Gasteiger partial charge in [-0.2, -0.15) is 4.98 Å². The van der Waals surface area contributed by atoms with Gasteiger partial charge in [0, 0.05) is 6.20 Å². The quantitative estimate of drug-likeness (QED) is 0.488. The Labute approximate surface area is 130 Å². The molecule has 0 spiro atoms. The lowest BCUT2D eigenvalue weighted by atomic mass is 10.1. The van der Waals surface area contributed by atoms with Crippen molar-refractivity contribution in [1.82, 2.24) is 9.55 Å². The molecule has 1 amide bonds. The molecule has 122 valence electrons. The fourth-order valence-electron chi connectivity index (χ4n) is 2.01. The lowest BCUT2D eigenvalue weighted by molar-refractivity contribution is -0.115. The number of amides is 1. The van der Waals surface area contributed by atoms with E-state index < -0.39 is 48.1 Å². The van der Waals surface area contributed by atoms with Gasteiger partial charge in [0.2, 0.25) is 5.91 Å². The summed E-state index contributed by atoms with van der Waals surface area (Å²) in [4.78, 5) is 27.0. The zero-order valence-corrected chi connectivity index (χ0v) is 12.3. The van der Waals surface area contributed by atoms with Crippen LogP contribution in [0.4, 0.5) is 5.82 Å².